The van der Waals surface area contributed by atoms with Gasteiger partial charge < -0.3 is 20.1 Å². The molecule has 1 aromatic heterocycles. The van der Waals surface area contributed by atoms with Crippen molar-refractivity contribution in [1.82, 2.24) is 14.8 Å². The summed E-state index contributed by atoms with van der Waals surface area (Å²) in [5.41, 5.74) is 3.47. The van der Waals surface area contributed by atoms with Gasteiger partial charge in [0.1, 0.15) is 24.1 Å². The Bertz CT molecular complexity index is 1610. The Morgan fingerprint density at radius 3 is 2.64 bits per heavy atom. The Morgan fingerprint density at radius 2 is 1.88 bits per heavy atom. The van der Waals surface area contributed by atoms with Crippen molar-refractivity contribution in [3.8, 4) is 11.5 Å². The van der Waals surface area contributed by atoms with Gasteiger partial charge in [0, 0.05) is 26.5 Å². The van der Waals surface area contributed by atoms with Gasteiger partial charge in [-0.25, -0.2) is 4.68 Å². The third kappa shape index (κ3) is 6.77. The van der Waals surface area contributed by atoms with E-state index in [4.69, 9.17) is 31.2 Å². The number of carbonyl (C=O) groups is 1. The molecular weight excluding hydrogens is 638 g/mol. The summed E-state index contributed by atoms with van der Waals surface area (Å²) < 4.78 is 14.7. The summed E-state index contributed by atoms with van der Waals surface area (Å²) in [4.78, 5) is 18.9. The summed E-state index contributed by atoms with van der Waals surface area (Å²) in [6, 6.07) is 20.1. The van der Waals surface area contributed by atoms with Crippen LogP contribution in [0.5, 0.6) is 11.5 Å². The second-order valence-corrected chi connectivity index (χ2v) is 12.0. The molecule has 0 saturated carbocycles. The predicted octanol–water partition coefficient (Wildman–Crippen LogP) is 8.10. The van der Waals surface area contributed by atoms with Crippen LogP contribution < -0.4 is 20.1 Å². The smallest absolute Gasteiger partial charge is 0.255 e. The number of anilines is 2. The number of rotatable bonds is 11. The first kappa shape index (κ1) is 30.0. The fraction of sp³-hybridized carbons (Fsp3) is 0.258. The number of para-hydroxylation sites is 2. The molecule has 4 aromatic rings. The van der Waals surface area contributed by atoms with Gasteiger partial charge in [0.25, 0.3) is 5.91 Å². The molecule has 3 aromatic carbocycles. The minimum atomic E-state index is -0.623. The zero-order valence-corrected chi connectivity index (χ0v) is 26.6. The highest BCUT2D eigenvalue weighted by Gasteiger charge is 2.36. The van der Waals surface area contributed by atoms with Crippen molar-refractivity contribution in [2.75, 3.05) is 23.0 Å². The van der Waals surface area contributed by atoms with E-state index in [0.29, 0.717) is 57.8 Å². The third-order valence-corrected chi connectivity index (χ3v) is 8.31. The van der Waals surface area contributed by atoms with Crippen LogP contribution in [0.4, 0.5) is 11.6 Å². The zero-order chi connectivity index (χ0) is 29.6. The number of nitrogens with one attached hydrogen (secondary N) is 2. The van der Waals surface area contributed by atoms with E-state index in [2.05, 4.69) is 33.5 Å². The van der Waals surface area contributed by atoms with Gasteiger partial charge >= 0.3 is 0 Å². The maximum atomic E-state index is 14.1. The van der Waals surface area contributed by atoms with Crippen molar-refractivity contribution in [2.24, 2.45) is 0 Å². The summed E-state index contributed by atoms with van der Waals surface area (Å²) in [5.74, 6) is 2.38. The lowest BCUT2D eigenvalue weighted by molar-refractivity contribution is -0.113. The molecule has 0 fully saturated rings. The Balaban J connectivity index is 1.57. The summed E-state index contributed by atoms with van der Waals surface area (Å²) in [7, 11) is 0. The fourth-order valence-corrected chi connectivity index (χ4v) is 5.80. The average Bonchev–Trinajstić information content (AvgIpc) is 3.39. The number of benzene rings is 3. The SMILES string of the molecule is CCCSc1nc2n(n1)C(c1cc(Br)ccc1OCc1ccc(Cl)cc1)C(C(=O)Nc1ccccc1OCC)=C(C)N2. The van der Waals surface area contributed by atoms with Crippen molar-refractivity contribution < 1.29 is 14.3 Å². The van der Waals surface area contributed by atoms with Gasteiger partial charge in [-0.05, 0) is 68.3 Å². The molecule has 0 bridgehead atoms. The summed E-state index contributed by atoms with van der Waals surface area (Å²) in [6.45, 7) is 6.70. The van der Waals surface area contributed by atoms with Crippen molar-refractivity contribution in [2.45, 2.75) is 45.0 Å². The maximum Gasteiger partial charge on any atom is 0.255 e. The van der Waals surface area contributed by atoms with E-state index in [-0.39, 0.29) is 5.91 Å². The van der Waals surface area contributed by atoms with Crippen LogP contribution >= 0.6 is 39.3 Å². The summed E-state index contributed by atoms with van der Waals surface area (Å²) in [6.07, 6.45) is 0.990. The van der Waals surface area contributed by atoms with Gasteiger partial charge in [-0.3, -0.25) is 4.79 Å². The number of amides is 1. The van der Waals surface area contributed by atoms with Gasteiger partial charge in [0.2, 0.25) is 11.1 Å². The van der Waals surface area contributed by atoms with Crippen LogP contribution in [-0.4, -0.2) is 33.0 Å². The number of nitrogens with zero attached hydrogens (tertiary/aromatic N) is 3. The van der Waals surface area contributed by atoms with Crippen molar-refractivity contribution in [3.05, 3.63) is 98.6 Å². The molecule has 1 aliphatic heterocycles. The number of hydrogen-bond acceptors (Lipinski definition) is 7. The highest BCUT2D eigenvalue weighted by atomic mass is 79.9. The quantitative estimate of drug-likeness (QED) is 0.156. The van der Waals surface area contributed by atoms with Gasteiger partial charge in [0.05, 0.1) is 17.9 Å². The topological polar surface area (TPSA) is 90.3 Å². The van der Waals surface area contributed by atoms with Crippen molar-refractivity contribution in [3.63, 3.8) is 0 Å². The van der Waals surface area contributed by atoms with E-state index in [1.807, 2.05) is 80.6 Å². The average molecular weight is 669 g/mol. The molecule has 1 aliphatic rings. The number of allylic oxidation sites excluding steroid dienone is 1. The molecule has 2 heterocycles. The van der Waals surface area contributed by atoms with Crippen LogP contribution in [0, 0.1) is 0 Å². The number of halogens is 2. The maximum absolute atomic E-state index is 14.1. The number of hydrogen-bond donors (Lipinski definition) is 2. The molecule has 218 valence electrons. The molecule has 0 saturated heterocycles. The molecule has 1 amide bonds. The fourth-order valence-electron chi connectivity index (χ4n) is 4.61. The normalized spacial score (nSPS) is 14.3. The van der Waals surface area contributed by atoms with E-state index < -0.39 is 6.04 Å². The molecule has 42 heavy (non-hydrogen) atoms. The molecular formula is C31H31BrClN5O3S. The second-order valence-electron chi connectivity index (χ2n) is 9.56. The Morgan fingerprint density at radius 1 is 1.10 bits per heavy atom. The number of ether oxygens (including phenoxy) is 2. The van der Waals surface area contributed by atoms with E-state index in [1.165, 1.54) is 0 Å². The monoisotopic (exact) mass is 667 g/mol. The highest BCUT2D eigenvalue weighted by molar-refractivity contribution is 9.10. The number of fused-ring (bicyclic) bond motifs is 1. The Labute approximate surface area is 263 Å². The molecule has 1 atom stereocenters. The first-order chi connectivity index (χ1) is 20.4. The van der Waals surface area contributed by atoms with Crippen LogP contribution in [0.2, 0.25) is 5.02 Å². The molecule has 11 heteroatoms. The van der Waals surface area contributed by atoms with Crippen LogP contribution in [0.3, 0.4) is 0 Å². The van der Waals surface area contributed by atoms with Crippen molar-refractivity contribution in [1.29, 1.82) is 0 Å². The lowest BCUT2D eigenvalue weighted by Crippen LogP contribution is -2.32. The molecule has 5 rings (SSSR count). The minimum absolute atomic E-state index is 0.287. The standard InChI is InChI=1S/C31H31BrClN5O3S/c1-4-16-42-31-36-30-34-19(3)27(29(39)35-24-8-6-7-9-26(24)40-5-2)28(38(30)37-31)23-17-21(32)12-15-25(23)41-18-20-10-13-22(33)14-11-20/h6-15,17,28H,4-5,16,18H2,1-3H3,(H,35,39)(H,34,36,37). The van der Waals surface area contributed by atoms with Gasteiger partial charge in [-0.15, -0.1) is 5.10 Å². The summed E-state index contributed by atoms with van der Waals surface area (Å²) in [5, 5.41) is 12.5. The molecule has 1 unspecified atom stereocenters. The predicted molar refractivity (Wildman–Crippen MR) is 172 cm³/mol. The van der Waals surface area contributed by atoms with E-state index >= 15 is 0 Å². The van der Waals surface area contributed by atoms with Gasteiger partial charge in [0.15, 0.2) is 0 Å². The van der Waals surface area contributed by atoms with Crippen LogP contribution in [-0.2, 0) is 11.4 Å². The van der Waals surface area contributed by atoms with Crippen LogP contribution in [0.15, 0.2) is 87.6 Å². The summed E-state index contributed by atoms with van der Waals surface area (Å²) >= 11 is 11.3. The van der Waals surface area contributed by atoms with E-state index in [9.17, 15) is 4.79 Å². The molecule has 2 N–H and O–H groups in total. The number of aromatic nitrogens is 3. The first-order valence-electron chi connectivity index (χ1n) is 13.6. The molecule has 0 radical (unpaired) electrons. The van der Waals surface area contributed by atoms with Crippen molar-refractivity contribution >= 4 is 56.8 Å². The second kappa shape index (κ2) is 13.7. The number of carbonyl (C=O) groups excluding carboxylic acids is 1. The lowest BCUT2D eigenvalue weighted by Gasteiger charge is -2.30. The van der Waals surface area contributed by atoms with Crippen LogP contribution in [0.1, 0.15) is 44.4 Å². The Hall–Kier alpha value is -3.47. The minimum Gasteiger partial charge on any atom is -0.492 e. The van der Waals surface area contributed by atoms with Gasteiger partial charge in [-0.1, -0.05) is 70.5 Å². The lowest BCUT2D eigenvalue weighted by atomic mass is 9.94. The van der Waals surface area contributed by atoms with Crippen LogP contribution in [0.25, 0.3) is 0 Å². The first-order valence-corrected chi connectivity index (χ1v) is 15.8. The number of thioether (sulfide) groups is 1. The molecule has 0 spiro atoms. The Kier molecular flexibility index (Phi) is 9.76. The zero-order valence-electron chi connectivity index (χ0n) is 23.5. The third-order valence-electron chi connectivity index (χ3n) is 6.52. The largest absolute Gasteiger partial charge is 0.492 e. The molecule has 8 nitrogen and oxygen atoms in total. The van der Waals surface area contributed by atoms with E-state index in [1.54, 1.807) is 16.4 Å². The highest BCUT2D eigenvalue weighted by Crippen LogP contribution is 2.42. The van der Waals surface area contributed by atoms with E-state index in [0.717, 1.165) is 27.8 Å². The van der Waals surface area contributed by atoms with Gasteiger partial charge in [-0.2, -0.15) is 4.98 Å². The molecule has 0 aliphatic carbocycles.